The monoisotopic (exact) mass is 326 g/mol. The van der Waals surface area contributed by atoms with E-state index >= 15 is 0 Å². The van der Waals surface area contributed by atoms with Crippen molar-refractivity contribution in [3.63, 3.8) is 0 Å². The van der Waals surface area contributed by atoms with Gasteiger partial charge in [0.25, 0.3) is 0 Å². The topological polar surface area (TPSA) is 18.5 Å². The maximum Gasteiger partial charge on any atom is 0.135 e. The summed E-state index contributed by atoms with van der Waals surface area (Å²) in [7, 11) is 0. The smallest absolute Gasteiger partial charge is 0.135 e. The van der Waals surface area contributed by atoms with E-state index in [1.807, 2.05) is 66.7 Å². The van der Waals surface area contributed by atoms with Crippen LogP contribution in [0.3, 0.4) is 0 Å². The van der Waals surface area contributed by atoms with Gasteiger partial charge in [0.05, 0.1) is 0 Å². The highest BCUT2D eigenvalue weighted by Crippen LogP contribution is 2.31. The van der Waals surface area contributed by atoms with Gasteiger partial charge in [-0.2, -0.15) is 0 Å². The van der Waals surface area contributed by atoms with Crippen molar-refractivity contribution < 1.29 is 9.47 Å². The Bertz CT molecular complexity index is 972. The molecule has 0 bridgehead atoms. The first kappa shape index (κ1) is 15.3. The molecule has 0 aliphatic carbocycles. The van der Waals surface area contributed by atoms with Gasteiger partial charge in [-0.15, -0.1) is 0 Å². The van der Waals surface area contributed by atoms with Gasteiger partial charge >= 0.3 is 0 Å². The highest BCUT2D eigenvalue weighted by atomic mass is 16.5. The zero-order valence-corrected chi connectivity index (χ0v) is 13.8. The molecule has 4 rings (SSSR count). The van der Waals surface area contributed by atoms with Gasteiger partial charge in [-0.1, -0.05) is 72.8 Å². The van der Waals surface area contributed by atoms with Crippen molar-refractivity contribution in [2.45, 2.75) is 6.61 Å². The number of benzene rings is 4. The zero-order valence-electron chi connectivity index (χ0n) is 13.8. The highest BCUT2D eigenvalue weighted by molar-refractivity contribution is 5.88. The van der Waals surface area contributed by atoms with E-state index in [4.69, 9.17) is 9.47 Å². The third-order valence-corrected chi connectivity index (χ3v) is 4.03. The number of hydrogen-bond acceptors (Lipinski definition) is 2. The molecule has 2 heteroatoms. The molecule has 0 atom stereocenters. The van der Waals surface area contributed by atoms with Crippen LogP contribution < -0.4 is 9.47 Å². The maximum absolute atomic E-state index is 6.10. The van der Waals surface area contributed by atoms with Crippen molar-refractivity contribution in [3.05, 3.63) is 103 Å². The number of ether oxygens (including phenoxy) is 2. The minimum atomic E-state index is 0.540. The summed E-state index contributed by atoms with van der Waals surface area (Å²) >= 11 is 0. The first-order chi connectivity index (χ1) is 12.4. The average Bonchev–Trinajstić information content (AvgIpc) is 2.68. The molecule has 0 saturated heterocycles. The van der Waals surface area contributed by atoms with Crippen LogP contribution in [0.15, 0.2) is 97.1 Å². The second kappa shape index (κ2) is 7.10. The van der Waals surface area contributed by atoms with E-state index in [0.29, 0.717) is 6.61 Å². The summed E-state index contributed by atoms with van der Waals surface area (Å²) in [6.45, 7) is 0.540. The van der Waals surface area contributed by atoms with Crippen LogP contribution in [0.25, 0.3) is 10.8 Å². The minimum Gasteiger partial charge on any atom is -0.489 e. The van der Waals surface area contributed by atoms with E-state index in [1.165, 1.54) is 0 Å². The lowest BCUT2D eigenvalue weighted by molar-refractivity contribution is 0.304. The van der Waals surface area contributed by atoms with Gasteiger partial charge in [-0.25, -0.2) is 0 Å². The van der Waals surface area contributed by atoms with Crippen molar-refractivity contribution in [2.24, 2.45) is 0 Å². The predicted octanol–water partition coefficient (Wildman–Crippen LogP) is 6.21. The molecule has 0 amide bonds. The largest absolute Gasteiger partial charge is 0.489 e. The third kappa shape index (κ3) is 3.64. The molecular formula is C23H18O2. The molecule has 2 nitrogen and oxygen atoms in total. The van der Waals surface area contributed by atoms with Crippen LogP contribution >= 0.6 is 0 Å². The van der Waals surface area contributed by atoms with Crippen LogP contribution in [0, 0.1) is 0 Å². The quantitative estimate of drug-likeness (QED) is 0.434. The van der Waals surface area contributed by atoms with Gasteiger partial charge in [0, 0.05) is 11.5 Å². The minimum absolute atomic E-state index is 0.540. The van der Waals surface area contributed by atoms with Crippen molar-refractivity contribution in [1.82, 2.24) is 0 Å². The summed E-state index contributed by atoms with van der Waals surface area (Å²) in [5.74, 6) is 2.40. The first-order valence-corrected chi connectivity index (χ1v) is 8.31. The SMILES string of the molecule is c1ccc(COc2cccc(Oc3cccc4ccccc34)c2)cc1. The Morgan fingerprint density at radius 3 is 2.24 bits per heavy atom. The standard InChI is InChI=1S/C23H18O2/c1-2-8-18(9-3-1)17-24-20-12-7-13-21(16-20)25-23-15-6-11-19-10-4-5-14-22(19)23/h1-16H,17H2. The highest BCUT2D eigenvalue weighted by Gasteiger charge is 2.04. The lowest BCUT2D eigenvalue weighted by Crippen LogP contribution is -1.95. The van der Waals surface area contributed by atoms with Crippen molar-refractivity contribution in [2.75, 3.05) is 0 Å². The molecule has 25 heavy (non-hydrogen) atoms. The zero-order chi connectivity index (χ0) is 16.9. The first-order valence-electron chi connectivity index (χ1n) is 8.31. The van der Waals surface area contributed by atoms with E-state index in [9.17, 15) is 0 Å². The van der Waals surface area contributed by atoms with E-state index in [1.54, 1.807) is 0 Å². The maximum atomic E-state index is 6.10. The number of fused-ring (bicyclic) bond motifs is 1. The molecule has 122 valence electrons. The lowest BCUT2D eigenvalue weighted by atomic mass is 10.1. The second-order valence-corrected chi connectivity index (χ2v) is 5.83. The molecule has 0 spiro atoms. The van der Waals surface area contributed by atoms with Crippen LogP contribution in [-0.4, -0.2) is 0 Å². The Morgan fingerprint density at radius 2 is 1.32 bits per heavy atom. The molecule has 4 aromatic carbocycles. The number of hydrogen-bond donors (Lipinski definition) is 0. The molecule has 4 aromatic rings. The molecule has 0 aliphatic heterocycles. The van der Waals surface area contributed by atoms with Crippen LogP contribution in [0.1, 0.15) is 5.56 Å². The van der Waals surface area contributed by atoms with Gasteiger partial charge < -0.3 is 9.47 Å². The summed E-state index contributed by atoms with van der Waals surface area (Å²) in [6, 6.07) is 32.2. The Morgan fingerprint density at radius 1 is 0.600 bits per heavy atom. The molecule has 0 unspecified atom stereocenters. The Hall–Kier alpha value is -3.26. The molecule has 0 heterocycles. The normalized spacial score (nSPS) is 10.6. The molecule has 0 aliphatic rings. The molecule has 0 saturated carbocycles. The summed E-state index contributed by atoms with van der Waals surface area (Å²) in [5, 5.41) is 2.26. The summed E-state index contributed by atoms with van der Waals surface area (Å²) < 4.78 is 12.0. The van der Waals surface area contributed by atoms with Gasteiger partial charge in [0.2, 0.25) is 0 Å². The van der Waals surface area contributed by atoms with Crippen molar-refractivity contribution >= 4 is 10.8 Å². The van der Waals surface area contributed by atoms with Gasteiger partial charge in [0.15, 0.2) is 0 Å². The van der Waals surface area contributed by atoms with Crippen LogP contribution in [-0.2, 0) is 6.61 Å². The molecule has 0 radical (unpaired) electrons. The Balaban J connectivity index is 1.53. The Kier molecular flexibility index (Phi) is 4.34. The van der Waals surface area contributed by atoms with Crippen LogP contribution in [0.2, 0.25) is 0 Å². The summed E-state index contributed by atoms with van der Waals surface area (Å²) in [6.07, 6.45) is 0. The predicted molar refractivity (Wildman–Crippen MR) is 101 cm³/mol. The fourth-order valence-corrected chi connectivity index (χ4v) is 2.78. The van der Waals surface area contributed by atoms with Gasteiger partial charge in [-0.3, -0.25) is 0 Å². The Labute approximate surface area is 147 Å². The van der Waals surface area contributed by atoms with Crippen molar-refractivity contribution in [1.29, 1.82) is 0 Å². The average molecular weight is 326 g/mol. The molecule has 0 aromatic heterocycles. The number of rotatable bonds is 5. The fraction of sp³-hybridized carbons (Fsp3) is 0.0435. The van der Waals surface area contributed by atoms with E-state index in [-0.39, 0.29) is 0 Å². The summed E-state index contributed by atoms with van der Waals surface area (Å²) in [5.41, 5.74) is 1.14. The van der Waals surface area contributed by atoms with Gasteiger partial charge in [0.1, 0.15) is 23.9 Å². The second-order valence-electron chi connectivity index (χ2n) is 5.83. The lowest BCUT2D eigenvalue weighted by Gasteiger charge is -2.11. The molecule has 0 fully saturated rings. The molecule has 0 N–H and O–H groups in total. The van der Waals surface area contributed by atoms with Crippen LogP contribution in [0.5, 0.6) is 17.2 Å². The van der Waals surface area contributed by atoms with Gasteiger partial charge in [-0.05, 0) is 29.1 Å². The van der Waals surface area contributed by atoms with Crippen LogP contribution in [0.4, 0.5) is 0 Å². The van der Waals surface area contributed by atoms with E-state index < -0.39 is 0 Å². The third-order valence-electron chi connectivity index (χ3n) is 4.03. The molecular weight excluding hydrogens is 308 g/mol. The van der Waals surface area contributed by atoms with E-state index in [0.717, 1.165) is 33.6 Å². The van der Waals surface area contributed by atoms with E-state index in [2.05, 4.69) is 30.3 Å². The van der Waals surface area contributed by atoms with Crippen molar-refractivity contribution in [3.8, 4) is 17.2 Å². The summed E-state index contributed by atoms with van der Waals surface area (Å²) in [4.78, 5) is 0. The fourth-order valence-electron chi connectivity index (χ4n) is 2.78.